The summed E-state index contributed by atoms with van der Waals surface area (Å²) in [5.74, 6) is 0. The van der Waals surface area contributed by atoms with Crippen LogP contribution in [0.3, 0.4) is 0 Å². The first-order chi connectivity index (χ1) is 9.99. The molecule has 0 amide bonds. The number of nitrogens with one attached hydrogen (secondary N) is 2. The van der Waals surface area contributed by atoms with Crippen molar-refractivity contribution in [1.29, 1.82) is 0 Å². The third-order valence-electron chi connectivity index (χ3n) is 3.41. The fourth-order valence-electron chi connectivity index (χ4n) is 2.17. The van der Waals surface area contributed by atoms with Crippen LogP contribution in [0.4, 0.5) is 5.69 Å². The topological polar surface area (TPSA) is 41.9 Å². The normalized spacial score (nSPS) is 12.0. The highest BCUT2D eigenvalue weighted by Crippen LogP contribution is 2.16. The van der Waals surface area contributed by atoms with Crippen molar-refractivity contribution in [2.75, 3.05) is 5.32 Å². The predicted molar refractivity (Wildman–Crippen MR) is 91.6 cm³/mol. The number of nitrogens with zero attached hydrogens (tertiary/aromatic N) is 2. The maximum atomic E-state index is 5.38. The second kappa shape index (κ2) is 6.72. The van der Waals surface area contributed by atoms with Gasteiger partial charge in [-0.05, 0) is 57.6 Å². The third kappa shape index (κ3) is 4.04. The van der Waals surface area contributed by atoms with Crippen LogP contribution in [0, 0.1) is 13.8 Å². The Labute approximate surface area is 131 Å². The molecule has 5 heteroatoms. The van der Waals surface area contributed by atoms with E-state index in [-0.39, 0.29) is 6.04 Å². The molecule has 2 aromatic rings. The molecule has 0 aliphatic rings. The van der Waals surface area contributed by atoms with Gasteiger partial charge in [0, 0.05) is 18.4 Å². The summed E-state index contributed by atoms with van der Waals surface area (Å²) in [4.78, 5) is 0. The van der Waals surface area contributed by atoms with Crippen molar-refractivity contribution < 1.29 is 0 Å². The molecule has 0 spiro atoms. The van der Waals surface area contributed by atoms with Crippen molar-refractivity contribution in [2.45, 2.75) is 40.3 Å². The molecule has 0 saturated carbocycles. The monoisotopic (exact) mass is 302 g/mol. The Morgan fingerprint density at radius 2 is 2.10 bits per heavy atom. The Bertz CT molecular complexity index is 633. The van der Waals surface area contributed by atoms with E-state index in [1.165, 1.54) is 11.1 Å². The number of hydrogen-bond donors (Lipinski definition) is 2. The Balaban J connectivity index is 1.97. The Morgan fingerprint density at radius 3 is 2.71 bits per heavy atom. The number of thiocarbonyl (C=S) groups is 1. The molecule has 0 bridgehead atoms. The third-order valence-corrected chi connectivity index (χ3v) is 3.63. The van der Waals surface area contributed by atoms with Crippen LogP contribution >= 0.6 is 12.2 Å². The molecule has 1 heterocycles. The number of benzene rings is 1. The fourth-order valence-corrected chi connectivity index (χ4v) is 2.45. The molecule has 1 aromatic heterocycles. The van der Waals surface area contributed by atoms with E-state index in [2.05, 4.69) is 61.6 Å². The average Bonchev–Trinajstić information content (AvgIpc) is 2.91. The SMILES string of the molecule is CCn1ccc(C(C)NC(=S)Nc2ccc(C)cc2C)n1. The van der Waals surface area contributed by atoms with Gasteiger partial charge in [-0.15, -0.1) is 0 Å². The van der Waals surface area contributed by atoms with Crippen LogP contribution in [0.2, 0.25) is 0 Å². The van der Waals surface area contributed by atoms with E-state index in [9.17, 15) is 0 Å². The van der Waals surface area contributed by atoms with Crippen molar-refractivity contribution in [1.82, 2.24) is 15.1 Å². The average molecular weight is 302 g/mol. The molecule has 0 radical (unpaired) electrons. The molecule has 1 unspecified atom stereocenters. The van der Waals surface area contributed by atoms with Gasteiger partial charge < -0.3 is 10.6 Å². The first-order valence-electron chi connectivity index (χ1n) is 7.17. The lowest BCUT2D eigenvalue weighted by atomic mass is 10.1. The first kappa shape index (κ1) is 15.5. The molecule has 1 aromatic carbocycles. The Morgan fingerprint density at radius 1 is 1.33 bits per heavy atom. The van der Waals surface area contributed by atoms with Crippen LogP contribution in [-0.2, 0) is 6.54 Å². The second-order valence-corrected chi connectivity index (χ2v) is 5.64. The molecule has 0 fully saturated rings. The molecule has 0 saturated heterocycles. The summed E-state index contributed by atoms with van der Waals surface area (Å²) in [5, 5.41) is 11.6. The molecule has 1 atom stereocenters. The summed E-state index contributed by atoms with van der Waals surface area (Å²) < 4.78 is 1.91. The van der Waals surface area contributed by atoms with Crippen molar-refractivity contribution in [3.8, 4) is 0 Å². The maximum Gasteiger partial charge on any atom is 0.171 e. The molecule has 0 aliphatic carbocycles. The maximum absolute atomic E-state index is 5.38. The summed E-state index contributed by atoms with van der Waals surface area (Å²) in [6.07, 6.45) is 1.98. The highest BCUT2D eigenvalue weighted by Gasteiger charge is 2.10. The van der Waals surface area contributed by atoms with Crippen LogP contribution < -0.4 is 10.6 Å². The molecule has 21 heavy (non-hydrogen) atoms. The fraction of sp³-hybridized carbons (Fsp3) is 0.375. The van der Waals surface area contributed by atoms with Gasteiger partial charge in [0.25, 0.3) is 0 Å². The number of hydrogen-bond acceptors (Lipinski definition) is 2. The van der Waals surface area contributed by atoms with E-state index in [0.717, 1.165) is 17.9 Å². The zero-order chi connectivity index (χ0) is 15.4. The highest BCUT2D eigenvalue weighted by atomic mass is 32.1. The summed E-state index contributed by atoms with van der Waals surface area (Å²) in [6, 6.07) is 8.35. The van der Waals surface area contributed by atoms with Crippen molar-refractivity contribution in [2.24, 2.45) is 0 Å². The largest absolute Gasteiger partial charge is 0.354 e. The summed E-state index contributed by atoms with van der Waals surface area (Å²) in [6.45, 7) is 9.15. The second-order valence-electron chi connectivity index (χ2n) is 5.23. The van der Waals surface area contributed by atoms with E-state index >= 15 is 0 Å². The molecule has 2 rings (SSSR count). The van der Waals surface area contributed by atoms with Gasteiger partial charge in [0.1, 0.15) is 0 Å². The van der Waals surface area contributed by atoms with Crippen molar-refractivity contribution in [3.05, 3.63) is 47.3 Å². The summed E-state index contributed by atoms with van der Waals surface area (Å²) >= 11 is 5.38. The van der Waals surface area contributed by atoms with Crippen LogP contribution in [0.5, 0.6) is 0 Å². The number of aryl methyl sites for hydroxylation is 3. The highest BCUT2D eigenvalue weighted by molar-refractivity contribution is 7.80. The molecule has 2 N–H and O–H groups in total. The number of rotatable bonds is 4. The number of aromatic nitrogens is 2. The summed E-state index contributed by atoms with van der Waals surface area (Å²) in [7, 11) is 0. The summed E-state index contributed by atoms with van der Waals surface area (Å²) in [5.41, 5.74) is 4.45. The minimum Gasteiger partial charge on any atom is -0.354 e. The van der Waals surface area contributed by atoms with Gasteiger partial charge in [0.2, 0.25) is 0 Å². The van der Waals surface area contributed by atoms with Gasteiger partial charge in [0.05, 0.1) is 11.7 Å². The lowest BCUT2D eigenvalue weighted by Gasteiger charge is -2.16. The smallest absolute Gasteiger partial charge is 0.171 e. The van der Waals surface area contributed by atoms with Gasteiger partial charge in [-0.25, -0.2) is 0 Å². The molecular formula is C16H22N4S. The zero-order valence-electron chi connectivity index (χ0n) is 13.0. The molecule has 112 valence electrons. The van der Waals surface area contributed by atoms with Crippen LogP contribution in [0.15, 0.2) is 30.5 Å². The van der Waals surface area contributed by atoms with E-state index in [4.69, 9.17) is 12.2 Å². The van der Waals surface area contributed by atoms with E-state index in [1.54, 1.807) is 0 Å². The van der Waals surface area contributed by atoms with Crippen LogP contribution in [-0.4, -0.2) is 14.9 Å². The van der Waals surface area contributed by atoms with E-state index in [0.29, 0.717) is 5.11 Å². The molecule has 4 nitrogen and oxygen atoms in total. The predicted octanol–water partition coefficient (Wildman–Crippen LogP) is 3.57. The van der Waals surface area contributed by atoms with Crippen molar-refractivity contribution in [3.63, 3.8) is 0 Å². The van der Waals surface area contributed by atoms with Crippen LogP contribution in [0.25, 0.3) is 0 Å². The van der Waals surface area contributed by atoms with Gasteiger partial charge in [0.15, 0.2) is 5.11 Å². The van der Waals surface area contributed by atoms with Crippen molar-refractivity contribution >= 4 is 23.0 Å². The standard InChI is InChI=1S/C16H22N4S/c1-5-20-9-8-15(19-20)13(4)17-16(21)18-14-7-6-11(2)10-12(14)3/h6-10,13H,5H2,1-4H3,(H2,17,18,21). The Kier molecular flexibility index (Phi) is 4.96. The Hall–Kier alpha value is -1.88. The van der Waals surface area contributed by atoms with Gasteiger partial charge >= 0.3 is 0 Å². The lowest BCUT2D eigenvalue weighted by Crippen LogP contribution is -2.31. The van der Waals surface area contributed by atoms with Gasteiger partial charge in [-0.3, -0.25) is 4.68 Å². The minimum atomic E-state index is 0.0727. The minimum absolute atomic E-state index is 0.0727. The van der Waals surface area contributed by atoms with E-state index < -0.39 is 0 Å². The van der Waals surface area contributed by atoms with Gasteiger partial charge in [-0.2, -0.15) is 5.10 Å². The van der Waals surface area contributed by atoms with E-state index in [1.807, 2.05) is 16.9 Å². The first-order valence-corrected chi connectivity index (χ1v) is 7.58. The number of anilines is 1. The lowest BCUT2D eigenvalue weighted by molar-refractivity contribution is 0.613. The van der Waals surface area contributed by atoms with Gasteiger partial charge in [-0.1, -0.05) is 17.7 Å². The quantitative estimate of drug-likeness (QED) is 0.847. The van der Waals surface area contributed by atoms with Crippen LogP contribution in [0.1, 0.15) is 36.7 Å². The zero-order valence-corrected chi connectivity index (χ0v) is 13.8. The molecule has 0 aliphatic heterocycles. The molecular weight excluding hydrogens is 280 g/mol.